The van der Waals surface area contributed by atoms with Gasteiger partial charge in [-0.05, 0) is 30.4 Å². The predicted octanol–water partition coefficient (Wildman–Crippen LogP) is 3.26. The third-order valence-electron chi connectivity index (χ3n) is 5.52. The van der Waals surface area contributed by atoms with Gasteiger partial charge in [0.15, 0.2) is 0 Å². The highest BCUT2D eigenvalue weighted by Gasteiger charge is 2.23. The summed E-state index contributed by atoms with van der Waals surface area (Å²) in [6, 6.07) is 8.06. The molecule has 1 atom stereocenters. The number of nitriles is 1. The number of hydrogen-bond donors (Lipinski definition) is 2. The number of fused-ring (bicyclic) bond motifs is 2. The van der Waals surface area contributed by atoms with Crippen molar-refractivity contribution >= 4 is 28.5 Å². The van der Waals surface area contributed by atoms with Crippen molar-refractivity contribution in [1.29, 1.82) is 5.26 Å². The Labute approximate surface area is 187 Å². The molecule has 1 aromatic carbocycles. The molecule has 5 rings (SSSR count). The number of methoxy groups -OCH3 is 1. The van der Waals surface area contributed by atoms with E-state index in [-0.39, 0.29) is 11.9 Å². The van der Waals surface area contributed by atoms with E-state index in [9.17, 15) is 14.4 Å². The maximum absolute atomic E-state index is 14.6. The van der Waals surface area contributed by atoms with Gasteiger partial charge in [-0.3, -0.25) is 0 Å². The first kappa shape index (κ1) is 20.4. The van der Waals surface area contributed by atoms with Crippen LogP contribution in [-0.2, 0) is 6.54 Å². The Morgan fingerprint density at radius 1 is 1.33 bits per heavy atom. The molecule has 3 aromatic rings. The second kappa shape index (κ2) is 8.20. The first-order valence-corrected chi connectivity index (χ1v) is 10.2. The van der Waals surface area contributed by atoms with Gasteiger partial charge in [0.1, 0.15) is 35.5 Å². The number of carbonyl (C=O) groups excluding carboxylic acids is 1. The molecule has 2 amide bonds. The highest BCUT2D eigenvalue weighted by molar-refractivity contribution is 6.19. The Morgan fingerprint density at radius 3 is 3.03 bits per heavy atom. The minimum Gasteiger partial charge on any atom is -0.496 e. The number of nitrogens with one attached hydrogen (secondary N) is 2. The van der Waals surface area contributed by atoms with Crippen LogP contribution in [0.3, 0.4) is 0 Å². The molecular weight excluding hydrogens is 425 g/mol. The van der Waals surface area contributed by atoms with Crippen LogP contribution < -0.4 is 15.4 Å². The number of benzene rings is 1. The lowest BCUT2D eigenvalue weighted by Gasteiger charge is -2.15. The van der Waals surface area contributed by atoms with Crippen LogP contribution in [0.2, 0.25) is 0 Å². The number of anilines is 1. The summed E-state index contributed by atoms with van der Waals surface area (Å²) in [4.78, 5) is 23.9. The van der Waals surface area contributed by atoms with Crippen LogP contribution in [0.1, 0.15) is 17.3 Å². The van der Waals surface area contributed by atoms with Crippen molar-refractivity contribution in [3.63, 3.8) is 0 Å². The summed E-state index contributed by atoms with van der Waals surface area (Å²) in [6.45, 7) is 0.745. The number of carbonyl (C=O) groups is 1. The van der Waals surface area contributed by atoms with E-state index in [4.69, 9.17) is 4.74 Å². The molecule has 33 heavy (non-hydrogen) atoms. The summed E-state index contributed by atoms with van der Waals surface area (Å²) < 4.78 is 21.5. The largest absolute Gasteiger partial charge is 0.496 e. The normalized spacial score (nSPS) is 16.6. The van der Waals surface area contributed by atoms with Crippen molar-refractivity contribution in [2.24, 2.45) is 4.99 Å². The zero-order valence-electron chi connectivity index (χ0n) is 17.5. The first-order chi connectivity index (χ1) is 16.1. The van der Waals surface area contributed by atoms with Gasteiger partial charge in [0.05, 0.1) is 29.7 Å². The Kier molecular flexibility index (Phi) is 5.06. The molecule has 0 saturated heterocycles. The monoisotopic (exact) mass is 443 g/mol. The van der Waals surface area contributed by atoms with Crippen LogP contribution in [0, 0.1) is 17.1 Å². The molecule has 164 valence electrons. The number of amides is 2. The Balaban J connectivity index is 1.33. The van der Waals surface area contributed by atoms with Crippen molar-refractivity contribution in [1.82, 2.24) is 19.9 Å². The lowest BCUT2D eigenvalue weighted by Crippen LogP contribution is -2.17. The standard InChI is InChI=1S/C23H18FN7O2/c1-33-20-5-3-16(24)22-15(20)9-14(11-25)31(22)7-6-26-21-10-18(27-12-28-21)13-2-4-17-19(8-13)30-23(32)29-17/h2-5,8-10,12-13H,6-7H2,1H3,(H,30,32)(H,26,27,28). The van der Waals surface area contributed by atoms with E-state index >= 15 is 0 Å². The van der Waals surface area contributed by atoms with Gasteiger partial charge < -0.3 is 19.9 Å². The summed E-state index contributed by atoms with van der Waals surface area (Å²) in [5.74, 6) is 0.544. The van der Waals surface area contributed by atoms with E-state index in [1.807, 2.05) is 18.2 Å². The van der Waals surface area contributed by atoms with Crippen molar-refractivity contribution < 1.29 is 13.9 Å². The number of halogens is 1. The van der Waals surface area contributed by atoms with Crippen LogP contribution in [-0.4, -0.2) is 39.9 Å². The van der Waals surface area contributed by atoms with Crippen LogP contribution >= 0.6 is 0 Å². The highest BCUT2D eigenvalue weighted by Crippen LogP contribution is 2.31. The second-order valence-electron chi connectivity index (χ2n) is 7.45. The lowest BCUT2D eigenvalue weighted by atomic mass is 9.96. The minimum atomic E-state index is -0.421. The fourth-order valence-corrected chi connectivity index (χ4v) is 4.01. The molecule has 1 aliphatic carbocycles. The van der Waals surface area contributed by atoms with Gasteiger partial charge in [0.2, 0.25) is 0 Å². The first-order valence-electron chi connectivity index (χ1n) is 10.2. The Hall–Kier alpha value is -4.52. The van der Waals surface area contributed by atoms with Crippen molar-refractivity contribution in [3.8, 4) is 11.8 Å². The van der Waals surface area contributed by atoms with Crippen molar-refractivity contribution in [3.05, 3.63) is 71.7 Å². The van der Waals surface area contributed by atoms with Gasteiger partial charge in [-0.1, -0.05) is 6.08 Å². The Bertz CT molecular complexity index is 1410. The van der Waals surface area contributed by atoms with Crippen LogP contribution in [0.15, 0.2) is 59.5 Å². The smallest absolute Gasteiger partial charge is 0.346 e. The van der Waals surface area contributed by atoms with Crippen molar-refractivity contribution in [2.45, 2.75) is 12.5 Å². The molecule has 0 bridgehead atoms. The summed E-state index contributed by atoms with van der Waals surface area (Å²) >= 11 is 0. The number of allylic oxidation sites excluding steroid dienone is 3. The average molecular weight is 443 g/mol. The van der Waals surface area contributed by atoms with Gasteiger partial charge in [-0.2, -0.15) is 10.3 Å². The van der Waals surface area contributed by atoms with Gasteiger partial charge in [-0.15, -0.1) is 0 Å². The van der Waals surface area contributed by atoms with Crippen molar-refractivity contribution in [2.75, 3.05) is 19.0 Å². The van der Waals surface area contributed by atoms with Crippen LogP contribution in [0.4, 0.5) is 15.0 Å². The van der Waals surface area contributed by atoms with E-state index < -0.39 is 5.82 Å². The summed E-state index contributed by atoms with van der Waals surface area (Å²) in [5, 5.41) is 16.0. The van der Waals surface area contributed by atoms with E-state index in [0.29, 0.717) is 52.7 Å². The number of aromatic nitrogens is 3. The van der Waals surface area contributed by atoms with E-state index in [0.717, 1.165) is 5.69 Å². The average Bonchev–Trinajstić information content (AvgIpc) is 3.39. The number of aliphatic imine (C=N–C) groups is 1. The molecule has 1 aliphatic heterocycles. The zero-order valence-corrected chi connectivity index (χ0v) is 17.5. The number of nitrogens with zero attached hydrogens (tertiary/aromatic N) is 5. The molecule has 0 spiro atoms. The predicted molar refractivity (Wildman–Crippen MR) is 120 cm³/mol. The van der Waals surface area contributed by atoms with E-state index in [1.54, 1.807) is 22.8 Å². The zero-order chi connectivity index (χ0) is 22.9. The number of ether oxygens (including phenoxy) is 1. The third kappa shape index (κ3) is 3.70. The topological polar surface area (TPSA) is 117 Å². The molecule has 1 unspecified atom stereocenters. The van der Waals surface area contributed by atoms with Gasteiger partial charge in [0, 0.05) is 30.5 Å². The van der Waals surface area contributed by atoms with Gasteiger partial charge in [0.25, 0.3) is 0 Å². The molecule has 0 saturated carbocycles. The molecule has 0 fully saturated rings. The number of rotatable bonds is 6. The minimum absolute atomic E-state index is 0.138. The molecule has 2 aromatic heterocycles. The fourth-order valence-electron chi connectivity index (χ4n) is 4.01. The Morgan fingerprint density at radius 2 is 2.21 bits per heavy atom. The molecule has 2 N–H and O–H groups in total. The van der Waals surface area contributed by atoms with E-state index in [2.05, 4.69) is 31.7 Å². The molecule has 10 heteroatoms. The number of urea groups is 1. The molecular formula is C23H18FN7O2. The quantitative estimate of drug-likeness (QED) is 0.604. The second-order valence-corrected chi connectivity index (χ2v) is 7.45. The summed E-state index contributed by atoms with van der Waals surface area (Å²) in [6.07, 6.45) is 7.04. The van der Waals surface area contributed by atoms with Crippen LogP contribution in [0.5, 0.6) is 5.75 Å². The molecule has 2 aliphatic rings. The molecule has 0 radical (unpaired) electrons. The molecule has 9 nitrogen and oxygen atoms in total. The maximum Gasteiger partial charge on any atom is 0.346 e. The maximum atomic E-state index is 14.6. The number of hydrogen-bond acceptors (Lipinski definition) is 6. The lowest BCUT2D eigenvalue weighted by molar-refractivity contribution is 0.253. The van der Waals surface area contributed by atoms with Crippen LogP contribution in [0.25, 0.3) is 10.9 Å². The highest BCUT2D eigenvalue weighted by atomic mass is 19.1. The molecule has 3 heterocycles. The summed E-state index contributed by atoms with van der Waals surface area (Å²) in [5.41, 5.74) is 2.69. The SMILES string of the molecule is COc1ccc(F)c2c1cc(C#N)n2CCNc1cc(C2C=CC3=NC(=O)NC3=C2)ncn1. The van der Waals surface area contributed by atoms with E-state index in [1.165, 1.54) is 19.5 Å². The fraction of sp³-hybridized carbons (Fsp3) is 0.174. The van der Waals surface area contributed by atoms with Gasteiger partial charge >= 0.3 is 6.03 Å². The summed E-state index contributed by atoms with van der Waals surface area (Å²) in [7, 11) is 1.51. The van der Waals surface area contributed by atoms with Gasteiger partial charge in [-0.25, -0.2) is 19.2 Å². The third-order valence-corrected chi connectivity index (χ3v) is 5.52.